The fraction of sp³-hybridized carbons (Fsp3) is 0.125. The van der Waals surface area contributed by atoms with E-state index in [1.165, 1.54) is 6.92 Å². The molecular weight excluding hydrogens is 355 g/mol. The van der Waals surface area contributed by atoms with Gasteiger partial charge in [-0.1, -0.05) is 0 Å². The highest BCUT2D eigenvalue weighted by Crippen LogP contribution is 2.37. The number of allylic oxidation sites excluding steroid dienone is 1. The number of rotatable bonds is 3. The summed E-state index contributed by atoms with van der Waals surface area (Å²) < 4.78 is 38.0. The van der Waals surface area contributed by atoms with E-state index in [-0.39, 0.29) is 22.4 Å². The van der Waals surface area contributed by atoms with E-state index >= 15 is 0 Å². The number of nitro groups is 1. The molecule has 0 spiro atoms. The number of hydrogen-bond donors (Lipinski definition) is 2. The Morgan fingerprint density at radius 3 is 2.50 bits per heavy atom. The Morgan fingerprint density at radius 1 is 1.35 bits per heavy atom. The number of phenolic OH excluding ortho intramolecular Hbond substituents is 2. The number of benzene rings is 1. The van der Waals surface area contributed by atoms with Crippen molar-refractivity contribution in [1.82, 2.24) is 4.98 Å². The number of nitrogens with zero attached hydrogens (tertiary/aromatic N) is 3. The number of nitro benzene ring substituents is 1. The van der Waals surface area contributed by atoms with Crippen LogP contribution in [0.2, 0.25) is 0 Å². The van der Waals surface area contributed by atoms with Crippen LogP contribution in [0.1, 0.15) is 22.5 Å². The predicted octanol–water partition coefficient (Wildman–Crippen LogP) is 3.79. The van der Waals surface area contributed by atoms with Crippen LogP contribution in [0, 0.1) is 28.4 Å². The predicted molar refractivity (Wildman–Crippen MR) is 83.9 cm³/mol. The maximum atomic E-state index is 12.7. The van der Waals surface area contributed by atoms with E-state index in [0.717, 1.165) is 24.3 Å². The number of hydrogen-bond acceptors (Lipinski definition) is 6. The standard InChI is InChI=1S/C16H10F3N3O4/c1-8-11(2-3-14(21-8)16(17,18)19)10(7-20)4-9-5-12(22(25)26)15(24)13(23)6-9/h2-6,23-24H,1H3/b10-4+. The molecule has 0 aliphatic carbocycles. The average Bonchev–Trinajstić information content (AvgIpc) is 2.54. The van der Waals surface area contributed by atoms with Gasteiger partial charge in [0.15, 0.2) is 5.75 Å². The van der Waals surface area contributed by atoms with Gasteiger partial charge in [0.25, 0.3) is 0 Å². The van der Waals surface area contributed by atoms with Crippen LogP contribution in [0.5, 0.6) is 11.5 Å². The third-order valence-electron chi connectivity index (χ3n) is 3.39. The Labute approximate surface area is 144 Å². The number of aromatic hydroxyl groups is 2. The molecule has 0 atom stereocenters. The van der Waals surface area contributed by atoms with Crippen molar-refractivity contribution in [3.8, 4) is 17.6 Å². The molecule has 2 rings (SSSR count). The zero-order valence-corrected chi connectivity index (χ0v) is 13.1. The number of alkyl halides is 3. The van der Waals surface area contributed by atoms with Crippen LogP contribution in [-0.4, -0.2) is 20.1 Å². The van der Waals surface area contributed by atoms with Crippen molar-refractivity contribution >= 4 is 17.3 Å². The van der Waals surface area contributed by atoms with Crippen molar-refractivity contribution in [2.24, 2.45) is 0 Å². The summed E-state index contributed by atoms with van der Waals surface area (Å²) >= 11 is 0. The van der Waals surface area contributed by atoms with Crippen molar-refractivity contribution in [3.05, 3.63) is 56.9 Å². The maximum absolute atomic E-state index is 12.7. The molecule has 7 nitrogen and oxygen atoms in total. The lowest BCUT2D eigenvalue weighted by atomic mass is 10.0. The number of pyridine rings is 1. The summed E-state index contributed by atoms with van der Waals surface area (Å²) in [6, 6.07) is 5.45. The van der Waals surface area contributed by atoms with Crippen LogP contribution in [0.25, 0.3) is 11.6 Å². The minimum atomic E-state index is -4.64. The smallest absolute Gasteiger partial charge is 0.433 e. The summed E-state index contributed by atoms with van der Waals surface area (Å²) in [5.41, 5.74) is -1.99. The largest absolute Gasteiger partial charge is 0.504 e. The number of halogens is 3. The summed E-state index contributed by atoms with van der Waals surface area (Å²) in [4.78, 5) is 13.4. The van der Waals surface area contributed by atoms with Crippen molar-refractivity contribution in [3.63, 3.8) is 0 Å². The van der Waals surface area contributed by atoms with E-state index in [2.05, 4.69) is 4.98 Å². The fourth-order valence-electron chi connectivity index (χ4n) is 2.19. The Balaban J connectivity index is 2.57. The van der Waals surface area contributed by atoms with E-state index in [4.69, 9.17) is 0 Å². The van der Waals surface area contributed by atoms with Crippen molar-refractivity contribution in [2.75, 3.05) is 0 Å². The molecule has 134 valence electrons. The monoisotopic (exact) mass is 365 g/mol. The second-order valence-corrected chi connectivity index (χ2v) is 5.16. The van der Waals surface area contributed by atoms with Gasteiger partial charge in [-0.2, -0.15) is 18.4 Å². The van der Waals surface area contributed by atoms with E-state index in [1.807, 2.05) is 0 Å². The Morgan fingerprint density at radius 2 is 2.00 bits per heavy atom. The number of aryl methyl sites for hydroxylation is 1. The van der Waals surface area contributed by atoms with Gasteiger partial charge in [-0.05, 0) is 36.8 Å². The zero-order valence-electron chi connectivity index (χ0n) is 13.1. The Bertz CT molecular complexity index is 962. The lowest BCUT2D eigenvalue weighted by molar-refractivity contribution is -0.386. The highest BCUT2D eigenvalue weighted by atomic mass is 19.4. The van der Waals surface area contributed by atoms with Crippen LogP contribution < -0.4 is 0 Å². The molecule has 1 heterocycles. The fourth-order valence-corrected chi connectivity index (χ4v) is 2.19. The van der Waals surface area contributed by atoms with Gasteiger partial charge in [0.1, 0.15) is 5.69 Å². The molecule has 10 heteroatoms. The van der Waals surface area contributed by atoms with E-state index in [9.17, 15) is 38.8 Å². The van der Waals surface area contributed by atoms with E-state index in [1.54, 1.807) is 6.07 Å². The molecule has 0 bridgehead atoms. The average molecular weight is 365 g/mol. The van der Waals surface area contributed by atoms with Crippen molar-refractivity contribution < 1.29 is 28.3 Å². The minimum Gasteiger partial charge on any atom is -0.504 e. The molecule has 2 aromatic rings. The first-order valence-electron chi connectivity index (χ1n) is 6.92. The highest BCUT2D eigenvalue weighted by molar-refractivity contribution is 5.91. The van der Waals surface area contributed by atoms with Crippen LogP contribution in [0.3, 0.4) is 0 Å². The lowest BCUT2D eigenvalue weighted by Crippen LogP contribution is -2.09. The first-order chi connectivity index (χ1) is 12.0. The molecule has 0 fully saturated rings. The van der Waals surface area contributed by atoms with Gasteiger partial charge >= 0.3 is 11.9 Å². The summed E-state index contributed by atoms with van der Waals surface area (Å²) in [7, 11) is 0. The molecule has 0 saturated carbocycles. The summed E-state index contributed by atoms with van der Waals surface area (Å²) in [5.74, 6) is -1.71. The number of phenols is 2. The first kappa shape index (κ1) is 18.7. The van der Waals surface area contributed by atoms with Gasteiger partial charge in [0.2, 0.25) is 5.75 Å². The molecule has 1 aromatic heterocycles. The second-order valence-electron chi connectivity index (χ2n) is 5.16. The van der Waals surface area contributed by atoms with Gasteiger partial charge in [0, 0.05) is 17.3 Å². The van der Waals surface area contributed by atoms with Crippen LogP contribution in [0.4, 0.5) is 18.9 Å². The van der Waals surface area contributed by atoms with E-state index in [0.29, 0.717) is 6.07 Å². The molecule has 0 radical (unpaired) electrons. The van der Waals surface area contributed by atoms with Gasteiger partial charge in [0.05, 0.1) is 16.6 Å². The minimum absolute atomic E-state index is 0.00264. The summed E-state index contributed by atoms with van der Waals surface area (Å²) in [6.07, 6.45) is -3.51. The van der Waals surface area contributed by atoms with Crippen molar-refractivity contribution in [1.29, 1.82) is 5.26 Å². The summed E-state index contributed by atoms with van der Waals surface area (Å²) in [5, 5.41) is 39.2. The second kappa shape index (κ2) is 6.72. The number of nitriles is 1. The SMILES string of the molecule is Cc1nc(C(F)(F)F)ccc1/C(C#N)=C/c1cc(O)c(O)c([N+](=O)[O-])c1. The molecule has 26 heavy (non-hydrogen) atoms. The zero-order chi connectivity index (χ0) is 19.6. The molecule has 1 aromatic carbocycles. The van der Waals surface area contributed by atoms with Gasteiger partial charge in [-0.25, -0.2) is 4.98 Å². The van der Waals surface area contributed by atoms with Crippen LogP contribution >= 0.6 is 0 Å². The third kappa shape index (κ3) is 3.72. The normalized spacial score (nSPS) is 11.9. The molecule has 0 aliphatic heterocycles. The van der Waals surface area contributed by atoms with E-state index < -0.39 is 34.0 Å². The van der Waals surface area contributed by atoms with Gasteiger partial charge in [-0.15, -0.1) is 0 Å². The van der Waals surface area contributed by atoms with Crippen LogP contribution in [-0.2, 0) is 6.18 Å². The molecule has 0 unspecified atom stereocenters. The van der Waals surface area contributed by atoms with Crippen molar-refractivity contribution in [2.45, 2.75) is 13.1 Å². The Kier molecular flexibility index (Phi) is 4.84. The molecular formula is C16H10F3N3O4. The maximum Gasteiger partial charge on any atom is 0.433 e. The molecule has 2 N–H and O–H groups in total. The Hall–Kier alpha value is -3.61. The van der Waals surface area contributed by atoms with Gasteiger partial charge < -0.3 is 10.2 Å². The van der Waals surface area contributed by atoms with Gasteiger partial charge in [-0.3, -0.25) is 10.1 Å². The van der Waals surface area contributed by atoms with Crippen LogP contribution in [0.15, 0.2) is 24.3 Å². The third-order valence-corrected chi connectivity index (χ3v) is 3.39. The molecule has 0 amide bonds. The highest BCUT2D eigenvalue weighted by Gasteiger charge is 2.32. The topological polar surface area (TPSA) is 120 Å². The molecule has 0 aliphatic rings. The lowest BCUT2D eigenvalue weighted by Gasteiger charge is -2.09. The first-order valence-corrected chi connectivity index (χ1v) is 6.92. The summed E-state index contributed by atoms with van der Waals surface area (Å²) in [6.45, 7) is 1.28. The number of aromatic nitrogens is 1. The quantitative estimate of drug-likeness (QED) is 0.369. The molecule has 0 saturated heterocycles.